The van der Waals surface area contributed by atoms with Gasteiger partial charge < -0.3 is 9.80 Å². The topological polar surface area (TPSA) is 97.1 Å². The smallest absolute Gasteiger partial charge is 0.254 e. The van der Waals surface area contributed by atoms with E-state index in [2.05, 4.69) is 25.1 Å². The zero-order chi connectivity index (χ0) is 23.3. The van der Waals surface area contributed by atoms with E-state index in [1.165, 1.54) is 17.0 Å². The minimum Gasteiger partial charge on any atom is -0.352 e. The van der Waals surface area contributed by atoms with E-state index in [0.717, 1.165) is 22.6 Å². The first-order valence-electron chi connectivity index (χ1n) is 11.1. The molecule has 1 aromatic carbocycles. The van der Waals surface area contributed by atoms with E-state index < -0.39 is 0 Å². The van der Waals surface area contributed by atoms with Crippen LogP contribution in [-0.2, 0) is 11.3 Å². The molecule has 0 saturated carbocycles. The van der Waals surface area contributed by atoms with Crippen LogP contribution in [0.3, 0.4) is 0 Å². The van der Waals surface area contributed by atoms with Crippen LogP contribution in [0.1, 0.15) is 0 Å². The quantitative estimate of drug-likeness (QED) is 0.457. The first-order chi connectivity index (χ1) is 16.7. The van der Waals surface area contributed by atoms with Crippen molar-refractivity contribution in [2.75, 3.05) is 31.1 Å². The molecule has 0 spiro atoms. The number of anilines is 1. The molecule has 0 radical (unpaired) electrons. The van der Waals surface area contributed by atoms with E-state index >= 15 is 0 Å². The van der Waals surface area contributed by atoms with Gasteiger partial charge in [0.05, 0.1) is 17.7 Å². The summed E-state index contributed by atoms with van der Waals surface area (Å²) in [6.45, 7) is 2.37. The number of nitrogens with zero attached hydrogens (tertiary/aromatic N) is 7. The van der Waals surface area contributed by atoms with Gasteiger partial charge in [-0.05, 0) is 24.3 Å². The average molecular weight is 454 g/mol. The summed E-state index contributed by atoms with van der Waals surface area (Å²) < 4.78 is 1.35. The van der Waals surface area contributed by atoms with E-state index in [4.69, 9.17) is 0 Å². The Labute approximate surface area is 196 Å². The Bertz CT molecular complexity index is 1320. The summed E-state index contributed by atoms with van der Waals surface area (Å²) >= 11 is 0. The Hall–Kier alpha value is -4.40. The predicted molar refractivity (Wildman–Crippen MR) is 128 cm³/mol. The minimum absolute atomic E-state index is 0.0273. The fourth-order valence-corrected chi connectivity index (χ4v) is 3.90. The van der Waals surface area contributed by atoms with Crippen LogP contribution in [0, 0.1) is 0 Å². The van der Waals surface area contributed by atoms with Gasteiger partial charge in [0.2, 0.25) is 5.91 Å². The van der Waals surface area contributed by atoms with Crippen LogP contribution in [0.5, 0.6) is 0 Å². The van der Waals surface area contributed by atoms with Crippen LogP contribution >= 0.6 is 0 Å². The minimum atomic E-state index is -0.246. The van der Waals surface area contributed by atoms with Crippen molar-refractivity contribution < 1.29 is 4.79 Å². The maximum atomic E-state index is 12.8. The maximum absolute atomic E-state index is 12.8. The van der Waals surface area contributed by atoms with E-state index in [1.807, 2.05) is 54.6 Å². The molecule has 4 heterocycles. The van der Waals surface area contributed by atoms with Crippen LogP contribution in [0.25, 0.3) is 22.5 Å². The molecule has 1 saturated heterocycles. The van der Waals surface area contributed by atoms with E-state index in [9.17, 15) is 9.59 Å². The van der Waals surface area contributed by atoms with E-state index in [-0.39, 0.29) is 18.0 Å². The second-order valence-electron chi connectivity index (χ2n) is 7.99. The highest BCUT2D eigenvalue weighted by molar-refractivity contribution is 5.76. The lowest BCUT2D eigenvalue weighted by molar-refractivity contribution is -0.132. The van der Waals surface area contributed by atoms with Gasteiger partial charge in [-0.2, -0.15) is 0 Å². The summed E-state index contributed by atoms with van der Waals surface area (Å²) in [5.41, 5.74) is 2.90. The molecular formula is C25H23N7O2. The largest absolute Gasteiger partial charge is 0.352 e. The van der Waals surface area contributed by atoms with Crippen molar-refractivity contribution in [3.63, 3.8) is 0 Å². The summed E-state index contributed by atoms with van der Waals surface area (Å²) in [7, 11) is 0. The number of benzene rings is 1. The molecule has 9 nitrogen and oxygen atoms in total. The standard InChI is InChI=1S/C25H23N7O2/c33-24-15-22(19-5-2-1-3-6-19)27-18-32(24)17-25(34)31-13-11-30(12-14-31)23-9-8-21(28-29-23)20-7-4-10-26-16-20/h1-10,15-16,18H,11-14,17H2. The molecular weight excluding hydrogens is 430 g/mol. The molecule has 0 unspecified atom stereocenters. The number of hydrogen-bond acceptors (Lipinski definition) is 7. The lowest BCUT2D eigenvalue weighted by atomic mass is 10.1. The van der Waals surface area contributed by atoms with Crippen molar-refractivity contribution in [2.24, 2.45) is 0 Å². The first-order valence-corrected chi connectivity index (χ1v) is 11.1. The third-order valence-electron chi connectivity index (χ3n) is 5.82. The van der Waals surface area contributed by atoms with E-state index in [0.29, 0.717) is 31.9 Å². The van der Waals surface area contributed by atoms with Gasteiger partial charge in [-0.3, -0.25) is 19.1 Å². The summed E-state index contributed by atoms with van der Waals surface area (Å²) in [6.07, 6.45) is 4.92. The first kappa shape index (κ1) is 21.4. The van der Waals surface area contributed by atoms with Crippen molar-refractivity contribution >= 4 is 11.7 Å². The molecule has 0 N–H and O–H groups in total. The lowest BCUT2D eigenvalue weighted by Crippen LogP contribution is -2.50. The van der Waals surface area contributed by atoms with Crippen LogP contribution in [0.15, 0.2) is 84.2 Å². The molecule has 1 aliphatic rings. The van der Waals surface area contributed by atoms with Crippen LogP contribution in [-0.4, -0.2) is 61.7 Å². The molecule has 3 aromatic heterocycles. The highest BCUT2D eigenvalue weighted by Crippen LogP contribution is 2.18. The summed E-state index contributed by atoms with van der Waals surface area (Å²) in [6, 6.07) is 18.6. The Balaban J connectivity index is 1.18. The Morgan fingerprint density at radius 3 is 2.32 bits per heavy atom. The monoisotopic (exact) mass is 453 g/mol. The van der Waals surface area contributed by atoms with Gasteiger partial charge in [-0.1, -0.05) is 30.3 Å². The van der Waals surface area contributed by atoms with Gasteiger partial charge in [0.25, 0.3) is 5.56 Å². The van der Waals surface area contributed by atoms with Crippen molar-refractivity contribution in [3.05, 3.63) is 89.7 Å². The molecule has 0 bridgehead atoms. The number of pyridine rings is 1. The normalized spacial score (nSPS) is 13.6. The number of rotatable bonds is 5. The maximum Gasteiger partial charge on any atom is 0.254 e. The molecule has 5 rings (SSSR count). The fraction of sp³-hybridized carbons (Fsp3) is 0.200. The lowest BCUT2D eigenvalue weighted by Gasteiger charge is -2.35. The van der Waals surface area contributed by atoms with Crippen molar-refractivity contribution in [1.29, 1.82) is 0 Å². The molecule has 1 aliphatic heterocycles. The number of amides is 1. The van der Waals surface area contributed by atoms with Gasteiger partial charge in [0.1, 0.15) is 6.54 Å². The molecule has 1 fully saturated rings. The molecule has 4 aromatic rings. The molecule has 0 aliphatic carbocycles. The van der Waals surface area contributed by atoms with Crippen LogP contribution in [0.4, 0.5) is 5.82 Å². The zero-order valence-corrected chi connectivity index (χ0v) is 18.5. The molecule has 170 valence electrons. The SMILES string of the molecule is O=C(Cn1cnc(-c2ccccc2)cc1=O)N1CCN(c2ccc(-c3cccnc3)nn2)CC1. The Morgan fingerprint density at radius 1 is 0.853 bits per heavy atom. The number of carbonyl (C=O) groups excluding carboxylic acids is 1. The van der Waals surface area contributed by atoms with Gasteiger partial charge in [0, 0.05) is 55.8 Å². The number of carbonyl (C=O) groups is 1. The average Bonchev–Trinajstić information content (AvgIpc) is 2.91. The van der Waals surface area contributed by atoms with E-state index in [1.54, 1.807) is 17.3 Å². The number of piperazine rings is 1. The second-order valence-corrected chi connectivity index (χ2v) is 7.99. The number of aromatic nitrogens is 5. The summed E-state index contributed by atoms with van der Waals surface area (Å²) in [5.74, 6) is 0.672. The van der Waals surface area contributed by atoms with Gasteiger partial charge in [-0.15, -0.1) is 10.2 Å². The summed E-state index contributed by atoms with van der Waals surface area (Å²) in [4.78, 5) is 37.7. The highest BCUT2D eigenvalue weighted by atomic mass is 16.2. The van der Waals surface area contributed by atoms with Gasteiger partial charge in [-0.25, -0.2) is 4.98 Å². The second kappa shape index (κ2) is 9.62. The third kappa shape index (κ3) is 4.68. The molecule has 9 heteroatoms. The number of hydrogen-bond donors (Lipinski definition) is 0. The molecule has 1 amide bonds. The van der Waals surface area contributed by atoms with Crippen molar-refractivity contribution in [3.8, 4) is 22.5 Å². The summed E-state index contributed by atoms with van der Waals surface area (Å²) in [5, 5.41) is 8.67. The van der Waals surface area contributed by atoms with Crippen LogP contribution in [0.2, 0.25) is 0 Å². The van der Waals surface area contributed by atoms with Gasteiger partial charge >= 0.3 is 0 Å². The Kier molecular flexibility index (Phi) is 6.07. The highest BCUT2D eigenvalue weighted by Gasteiger charge is 2.22. The zero-order valence-electron chi connectivity index (χ0n) is 18.5. The predicted octanol–water partition coefficient (Wildman–Crippen LogP) is 2.11. The van der Waals surface area contributed by atoms with Crippen LogP contribution < -0.4 is 10.5 Å². The molecule has 0 atom stereocenters. The molecule has 34 heavy (non-hydrogen) atoms. The van der Waals surface area contributed by atoms with Crippen molar-refractivity contribution in [2.45, 2.75) is 6.54 Å². The van der Waals surface area contributed by atoms with Gasteiger partial charge in [0.15, 0.2) is 5.82 Å². The van der Waals surface area contributed by atoms with Crippen molar-refractivity contribution in [1.82, 2.24) is 29.6 Å². The fourth-order valence-electron chi connectivity index (χ4n) is 3.90. The Morgan fingerprint density at radius 2 is 1.65 bits per heavy atom. The third-order valence-corrected chi connectivity index (χ3v) is 5.82.